The number of phenols is 1. The Bertz CT molecular complexity index is 566. The van der Waals surface area contributed by atoms with E-state index in [1.54, 1.807) is 12.1 Å². The van der Waals surface area contributed by atoms with Gasteiger partial charge in [-0.25, -0.2) is 0 Å². The third kappa shape index (κ3) is 5.30. The van der Waals surface area contributed by atoms with Crippen molar-refractivity contribution in [2.45, 2.75) is 25.7 Å². The molecule has 0 fully saturated rings. The van der Waals surface area contributed by atoms with Gasteiger partial charge in [0.2, 0.25) is 5.91 Å². The summed E-state index contributed by atoms with van der Waals surface area (Å²) in [5.41, 5.74) is 2.11. The van der Waals surface area contributed by atoms with Crippen LogP contribution >= 0.6 is 0 Å². The minimum absolute atomic E-state index is 0.0336. The van der Waals surface area contributed by atoms with Gasteiger partial charge in [-0.05, 0) is 36.5 Å². The lowest BCUT2D eigenvalue weighted by Gasteiger charge is -2.06. The fourth-order valence-electron chi connectivity index (χ4n) is 2.22. The monoisotopic (exact) mass is 283 g/mol. The molecule has 0 bridgehead atoms. The molecule has 110 valence electrons. The Balaban J connectivity index is 1.63. The van der Waals surface area contributed by atoms with Crippen molar-refractivity contribution in [3.05, 3.63) is 65.7 Å². The number of aromatic hydroxyl groups is 1. The Labute approximate surface area is 125 Å². The molecule has 0 saturated heterocycles. The molecule has 0 saturated carbocycles. The standard InChI is InChI=1S/C18H21NO2/c20-17-11-5-4-10-16(17)12-13-18(21)19-14-6-9-15-7-2-1-3-8-15/h1-5,7-8,10-11,20H,6,9,12-14H2,(H,19,21). The molecule has 2 aromatic rings. The summed E-state index contributed by atoms with van der Waals surface area (Å²) < 4.78 is 0. The molecule has 0 aromatic heterocycles. The first-order valence-corrected chi connectivity index (χ1v) is 7.33. The van der Waals surface area contributed by atoms with Gasteiger partial charge >= 0.3 is 0 Å². The molecule has 0 aliphatic heterocycles. The van der Waals surface area contributed by atoms with E-state index in [1.165, 1.54) is 5.56 Å². The Morgan fingerprint density at radius 2 is 1.67 bits per heavy atom. The zero-order chi connectivity index (χ0) is 14.9. The van der Waals surface area contributed by atoms with Crippen molar-refractivity contribution >= 4 is 5.91 Å². The molecular weight excluding hydrogens is 262 g/mol. The number of aryl methyl sites for hydroxylation is 2. The van der Waals surface area contributed by atoms with Crippen molar-refractivity contribution < 1.29 is 9.90 Å². The first-order valence-electron chi connectivity index (χ1n) is 7.33. The van der Waals surface area contributed by atoms with E-state index >= 15 is 0 Å². The average Bonchev–Trinajstić information content (AvgIpc) is 2.52. The van der Waals surface area contributed by atoms with Crippen LogP contribution < -0.4 is 5.32 Å². The molecule has 1 amide bonds. The highest BCUT2D eigenvalue weighted by molar-refractivity contribution is 5.76. The lowest BCUT2D eigenvalue weighted by molar-refractivity contribution is -0.121. The van der Waals surface area contributed by atoms with Crippen LogP contribution in [0.25, 0.3) is 0 Å². The van der Waals surface area contributed by atoms with Crippen LogP contribution in [0.2, 0.25) is 0 Å². The van der Waals surface area contributed by atoms with Crippen molar-refractivity contribution in [1.29, 1.82) is 0 Å². The highest BCUT2D eigenvalue weighted by Gasteiger charge is 2.04. The first kappa shape index (κ1) is 15.1. The van der Waals surface area contributed by atoms with Crippen molar-refractivity contribution in [3.8, 4) is 5.75 Å². The maximum atomic E-state index is 11.7. The van der Waals surface area contributed by atoms with E-state index in [0.29, 0.717) is 19.4 Å². The lowest BCUT2D eigenvalue weighted by Crippen LogP contribution is -2.24. The van der Waals surface area contributed by atoms with E-state index in [-0.39, 0.29) is 11.7 Å². The molecule has 2 rings (SSSR count). The van der Waals surface area contributed by atoms with Gasteiger partial charge in [-0.3, -0.25) is 4.79 Å². The zero-order valence-electron chi connectivity index (χ0n) is 12.1. The first-order chi connectivity index (χ1) is 10.3. The number of carbonyl (C=O) groups is 1. The van der Waals surface area contributed by atoms with Crippen LogP contribution in [0, 0.1) is 0 Å². The van der Waals surface area contributed by atoms with Crippen molar-refractivity contribution in [2.24, 2.45) is 0 Å². The molecule has 0 aliphatic carbocycles. The third-order valence-electron chi connectivity index (χ3n) is 3.42. The van der Waals surface area contributed by atoms with Crippen molar-refractivity contribution in [1.82, 2.24) is 5.32 Å². The summed E-state index contributed by atoms with van der Waals surface area (Å²) >= 11 is 0. The molecule has 21 heavy (non-hydrogen) atoms. The molecule has 2 N–H and O–H groups in total. The Morgan fingerprint density at radius 3 is 2.43 bits per heavy atom. The van der Waals surface area contributed by atoms with Gasteiger partial charge in [-0.15, -0.1) is 0 Å². The Hall–Kier alpha value is -2.29. The summed E-state index contributed by atoms with van der Waals surface area (Å²) in [5, 5.41) is 12.6. The molecule has 0 radical (unpaired) electrons. The second-order valence-corrected chi connectivity index (χ2v) is 5.07. The van der Waals surface area contributed by atoms with E-state index in [1.807, 2.05) is 30.3 Å². The summed E-state index contributed by atoms with van der Waals surface area (Å²) in [5.74, 6) is 0.292. The largest absolute Gasteiger partial charge is 0.508 e. The van der Waals surface area contributed by atoms with Gasteiger partial charge in [0.05, 0.1) is 0 Å². The quantitative estimate of drug-likeness (QED) is 0.767. The molecule has 0 spiro atoms. The van der Waals surface area contributed by atoms with E-state index in [4.69, 9.17) is 0 Å². The van der Waals surface area contributed by atoms with Gasteiger partial charge in [-0.1, -0.05) is 48.5 Å². The van der Waals surface area contributed by atoms with Crippen LogP contribution in [0.3, 0.4) is 0 Å². The number of amides is 1. The van der Waals surface area contributed by atoms with Crippen LogP contribution in [-0.4, -0.2) is 17.6 Å². The fraction of sp³-hybridized carbons (Fsp3) is 0.278. The minimum atomic E-state index is 0.0336. The van der Waals surface area contributed by atoms with E-state index in [2.05, 4.69) is 17.4 Å². The molecule has 0 aliphatic rings. The second kappa shape index (κ2) is 8.10. The third-order valence-corrected chi connectivity index (χ3v) is 3.42. The predicted octanol–water partition coefficient (Wildman–Crippen LogP) is 3.07. The maximum Gasteiger partial charge on any atom is 0.220 e. The zero-order valence-corrected chi connectivity index (χ0v) is 12.1. The van der Waals surface area contributed by atoms with Crippen LogP contribution in [0.1, 0.15) is 24.0 Å². The maximum absolute atomic E-state index is 11.7. The molecule has 0 unspecified atom stereocenters. The number of hydrogen-bond donors (Lipinski definition) is 2. The topological polar surface area (TPSA) is 49.3 Å². The van der Waals surface area contributed by atoms with Crippen molar-refractivity contribution in [2.75, 3.05) is 6.54 Å². The van der Waals surface area contributed by atoms with Gasteiger partial charge in [0.1, 0.15) is 5.75 Å². The van der Waals surface area contributed by atoms with Crippen LogP contribution in [0.4, 0.5) is 0 Å². The van der Waals surface area contributed by atoms with Gasteiger partial charge in [0, 0.05) is 13.0 Å². The number of phenolic OH excluding ortho intramolecular Hbond substituents is 1. The molecule has 0 atom stereocenters. The minimum Gasteiger partial charge on any atom is -0.508 e. The smallest absolute Gasteiger partial charge is 0.220 e. The highest BCUT2D eigenvalue weighted by Crippen LogP contribution is 2.16. The number of benzene rings is 2. The number of hydrogen-bond acceptors (Lipinski definition) is 2. The number of para-hydroxylation sites is 1. The van der Waals surface area contributed by atoms with Gasteiger partial charge < -0.3 is 10.4 Å². The summed E-state index contributed by atoms with van der Waals surface area (Å²) in [7, 11) is 0. The average molecular weight is 283 g/mol. The van der Waals surface area contributed by atoms with Gasteiger partial charge in [0.25, 0.3) is 0 Å². The van der Waals surface area contributed by atoms with Gasteiger partial charge in [-0.2, -0.15) is 0 Å². The fourth-order valence-corrected chi connectivity index (χ4v) is 2.22. The van der Waals surface area contributed by atoms with E-state index in [0.717, 1.165) is 18.4 Å². The molecule has 2 aromatic carbocycles. The summed E-state index contributed by atoms with van der Waals surface area (Å²) in [6, 6.07) is 17.4. The molecule has 3 heteroatoms. The van der Waals surface area contributed by atoms with Crippen LogP contribution in [-0.2, 0) is 17.6 Å². The summed E-state index contributed by atoms with van der Waals surface area (Å²) in [6.07, 6.45) is 2.88. The SMILES string of the molecule is O=C(CCc1ccccc1O)NCCCc1ccccc1. The summed E-state index contributed by atoms with van der Waals surface area (Å²) in [6.45, 7) is 0.689. The molecule has 3 nitrogen and oxygen atoms in total. The van der Waals surface area contributed by atoms with Crippen LogP contribution in [0.5, 0.6) is 5.75 Å². The Morgan fingerprint density at radius 1 is 0.952 bits per heavy atom. The second-order valence-electron chi connectivity index (χ2n) is 5.07. The van der Waals surface area contributed by atoms with E-state index in [9.17, 15) is 9.90 Å². The highest BCUT2D eigenvalue weighted by atomic mass is 16.3. The molecular formula is C18H21NO2. The predicted molar refractivity (Wildman–Crippen MR) is 84.2 cm³/mol. The number of nitrogens with one attached hydrogen (secondary N) is 1. The number of rotatable bonds is 7. The normalized spacial score (nSPS) is 10.3. The number of carbonyl (C=O) groups excluding carboxylic acids is 1. The lowest BCUT2D eigenvalue weighted by atomic mass is 10.1. The van der Waals surface area contributed by atoms with E-state index < -0.39 is 0 Å². The molecule has 0 heterocycles. The van der Waals surface area contributed by atoms with Gasteiger partial charge in [0.15, 0.2) is 0 Å². The van der Waals surface area contributed by atoms with Crippen molar-refractivity contribution in [3.63, 3.8) is 0 Å². The Kier molecular flexibility index (Phi) is 5.83. The summed E-state index contributed by atoms with van der Waals surface area (Å²) in [4.78, 5) is 11.7. The van der Waals surface area contributed by atoms with Crippen LogP contribution in [0.15, 0.2) is 54.6 Å².